The molecule has 6 nitrogen and oxygen atoms in total. The molecule has 5 aromatic rings. The van der Waals surface area contributed by atoms with Crippen LogP contribution in [0.2, 0.25) is 0 Å². The van der Waals surface area contributed by atoms with Crippen LogP contribution >= 0.6 is 11.3 Å². The number of ether oxygens (including phenoxy) is 4. The molecular weight excluding hydrogens is 558 g/mol. The average Bonchev–Trinajstić information content (AvgIpc) is 3.72. The summed E-state index contributed by atoms with van der Waals surface area (Å²) in [6.45, 7) is 4.39. The predicted molar refractivity (Wildman–Crippen MR) is 172 cm³/mol. The highest BCUT2D eigenvalue weighted by atomic mass is 32.1. The van der Waals surface area contributed by atoms with E-state index in [4.69, 9.17) is 18.9 Å². The lowest BCUT2D eigenvalue weighted by atomic mass is 9.97. The van der Waals surface area contributed by atoms with Gasteiger partial charge in [0.2, 0.25) is 0 Å². The van der Waals surface area contributed by atoms with Crippen molar-refractivity contribution in [1.29, 1.82) is 0 Å². The summed E-state index contributed by atoms with van der Waals surface area (Å²) < 4.78 is 24.0. The molecule has 0 atom stereocenters. The molecule has 1 saturated heterocycles. The number of fused-ring (bicyclic) bond motifs is 1. The van der Waals surface area contributed by atoms with Gasteiger partial charge in [-0.2, -0.15) is 0 Å². The fourth-order valence-corrected chi connectivity index (χ4v) is 6.69. The molecule has 1 aromatic heterocycles. The first-order chi connectivity index (χ1) is 21.1. The molecular formula is C36H35NO5S. The van der Waals surface area contributed by atoms with Gasteiger partial charge < -0.3 is 18.9 Å². The molecule has 220 valence electrons. The zero-order chi connectivity index (χ0) is 29.6. The molecule has 6 rings (SSSR count). The molecule has 2 heterocycles. The van der Waals surface area contributed by atoms with Crippen molar-refractivity contribution >= 4 is 27.2 Å². The highest BCUT2D eigenvalue weighted by molar-refractivity contribution is 7.22. The largest absolute Gasteiger partial charge is 0.493 e. The third-order valence-corrected chi connectivity index (χ3v) is 8.98. The van der Waals surface area contributed by atoms with Gasteiger partial charge in [-0.15, -0.1) is 11.3 Å². The van der Waals surface area contributed by atoms with E-state index in [1.165, 1.54) is 12.8 Å². The number of nitrogens with zero attached hydrogens (tertiary/aromatic N) is 1. The number of rotatable bonds is 12. The molecule has 0 saturated carbocycles. The number of benzene rings is 4. The van der Waals surface area contributed by atoms with E-state index in [9.17, 15) is 4.79 Å². The third-order valence-electron chi connectivity index (χ3n) is 7.77. The fraction of sp³-hybridized carbons (Fsp3) is 0.250. The number of likely N-dealkylation sites (tertiary alicyclic amines) is 1. The summed E-state index contributed by atoms with van der Waals surface area (Å²) in [6.07, 6.45) is 2.55. The Morgan fingerprint density at radius 1 is 0.791 bits per heavy atom. The number of hydrogen-bond donors (Lipinski definition) is 0. The van der Waals surface area contributed by atoms with E-state index in [2.05, 4.69) is 4.90 Å². The smallest absolute Gasteiger partial charge is 0.195 e. The van der Waals surface area contributed by atoms with Crippen molar-refractivity contribution in [2.45, 2.75) is 19.4 Å². The molecule has 1 aliphatic rings. The Morgan fingerprint density at radius 2 is 1.53 bits per heavy atom. The average molecular weight is 594 g/mol. The molecule has 4 aromatic carbocycles. The third kappa shape index (κ3) is 6.53. The van der Waals surface area contributed by atoms with Crippen LogP contribution in [0.25, 0.3) is 20.5 Å². The molecule has 0 unspecified atom stereocenters. The summed E-state index contributed by atoms with van der Waals surface area (Å²) in [4.78, 5) is 17.5. The molecule has 0 aliphatic carbocycles. The van der Waals surface area contributed by atoms with Gasteiger partial charge in [-0.1, -0.05) is 30.3 Å². The molecule has 1 aliphatic heterocycles. The first kappa shape index (κ1) is 28.8. The van der Waals surface area contributed by atoms with Crippen LogP contribution in [0, 0.1) is 0 Å². The minimum atomic E-state index is -0.0777. The van der Waals surface area contributed by atoms with Crippen LogP contribution in [-0.4, -0.2) is 51.1 Å². The van der Waals surface area contributed by atoms with Gasteiger partial charge in [0.1, 0.15) is 24.7 Å². The van der Waals surface area contributed by atoms with E-state index in [-0.39, 0.29) is 5.78 Å². The van der Waals surface area contributed by atoms with Crippen LogP contribution in [-0.2, 0) is 6.61 Å². The molecule has 1 fully saturated rings. The maximum atomic E-state index is 14.2. The highest BCUT2D eigenvalue weighted by Crippen LogP contribution is 2.42. The Morgan fingerprint density at radius 3 is 2.28 bits per heavy atom. The summed E-state index contributed by atoms with van der Waals surface area (Å²) in [7, 11) is 3.16. The number of ketones is 1. The fourth-order valence-electron chi connectivity index (χ4n) is 5.46. The first-order valence-corrected chi connectivity index (χ1v) is 15.4. The lowest BCUT2D eigenvalue weighted by Crippen LogP contribution is -2.25. The summed E-state index contributed by atoms with van der Waals surface area (Å²) in [5, 5.41) is 0.887. The van der Waals surface area contributed by atoms with E-state index in [1.54, 1.807) is 43.8 Å². The maximum absolute atomic E-state index is 14.2. The molecule has 0 amide bonds. The SMILES string of the molecule is COc1ccc(C(=O)c2c(-c3ccc(OCCN4CCCC4)cc3)sc3cc(OCc4ccccc4)ccc23)cc1OC. The zero-order valence-electron chi connectivity index (χ0n) is 24.5. The minimum absolute atomic E-state index is 0.0777. The van der Waals surface area contributed by atoms with Gasteiger partial charge in [0.05, 0.1) is 14.2 Å². The van der Waals surface area contributed by atoms with Crippen LogP contribution in [0.4, 0.5) is 0 Å². The van der Waals surface area contributed by atoms with E-state index < -0.39 is 0 Å². The number of hydrogen-bond acceptors (Lipinski definition) is 7. The van der Waals surface area contributed by atoms with Gasteiger partial charge in [0.15, 0.2) is 17.3 Å². The Labute approximate surface area is 256 Å². The summed E-state index contributed by atoms with van der Waals surface area (Å²) >= 11 is 1.59. The van der Waals surface area contributed by atoms with Gasteiger partial charge in [-0.05, 0) is 97.7 Å². The van der Waals surface area contributed by atoms with Crippen molar-refractivity contribution in [3.8, 4) is 33.4 Å². The van der Waals surface area contributed by atoms with E-state index in [0.29, 0.717) is 35.8 Å². The van der Waals surface area contributed by atoms with Crippen molar-refractivity contribution in [2.75, 3.05) is 40.5 Å². The lowest BCUT2D eigenvalue weighted by molar-refractivity contribution is 0.104. The van der Waals surface area contributed by atoms with Crippen molar-refractivity contribution < 1.29 is 23.7 Å². The van der Waals surface area contributed by atoms with Gasteiger partial charge in [-0.25, -0.2) is 0 Å². The predicted octanol–water partition coefficient (Wildman–Crippen LogP) is 7.87. The monoisotopic (exact) mass is 593 g/mol. The van der Waals surface area contributed by atoms with Crippen LogP contribution in [0.15, 0.2) is 91.0 Å². The van der Waals surface area contributed by atoms with Crippen molar-refractivity contribution in [3.63, 3.8) is 0 Å². The Hall–Kier alpha value is -4.33. The first-order valence-electron chi connectivity index (χ1n) is 14.6. The quantitative estimate of drug-likeness (QED) is 0.137. The lowest BCUT2D eigenvalue weighted by Gasteiger charge is -2.15. The van der Waals surface area contributed by atoms with E-state index in [1.807, 2.05) is 72.8 Å². The second kappa shape index (κ2) is 13.3. The Balaban J connectivity index is 1.32. The molecule has 0 spiro atoms. The molecule has 0 bridgehead atoms. The van der Waals surface area contributed by atoms with Crippen LogP contribution in [0.1, 0.15) is 34.3 Å². The van der Waals surface area contributed by atoms with Crippen molar-refractivity contribution in [2.24, 2.45) is 0 Å². The van der Waals surface area contributed by atoms with Crippen LogP contribution in [0.5, 0.6) is 23.0 Å². The summed E-state index contributed by atoms with van der Waals surface area (Å²) in [6, 6.07) is 29.4. The van der Waals surface area contributed by atoms with Gasteiger partial charge in [0, 0.05) is 32.6 Å². The number of thiophene rings is 1. The zero-order valence-corrected chi connectivity index (χ0v) is 25.3. The second-order valence-electron chi connectivity index (χ2n) is 10.6. The normalized spacial score (nSPS) is 13.3. The number of methoxy groups -OCH3 is 2. The van der Waals surface area contributed by atoms with E-state index >= 15 is 0 Å². The molecule has 0 N–H and O–H groups in total. The van der Waals surface area contributed by atoms with Crippen molar-refractivity contribution in [1.82, 2.24) is 4.90 Å². The topological polar surface area (TPSA) is 57.2 Å². The van der Waals surface area contributed by atoms with Gasteiger partial charge in [-0.3, -0.25) is 9.69 Å². The van der Waals surface area contributed by atoms with E-state index in [0.717, 1.165) is 57.2 Å². The molecule has 7 heteroatoms. The Bertz CT molecular complexity index is 1690. The Kier molecular flexibility index (Phi) is 8.91. The van der Waals surface area contributed by atoms with Gasteiger partial charge >= 0.3 is 0 Å². The van der Waals surface area contributed by atoms with Crippen LogP contribution in [0.3, 0.4) is 0 Å². The molecule has 43 heavy (non-hydrogen) atoms. The number of carbonyl (C=O) groups is 1. The summed E-state index contributed by atoms with van der Waals surface area (Å²) in [5.41, 5.74) is 3.25. The van der Waals surface area contributed by atoms with Crippen LogP contribution < -0.4 is 18.9 Å². The second-order valence-corrected chi connectivity index (χ2v) is 11.6. The van der Waals surface area contributed by atoms with Gasteiger partial charge in [0.25, 0.3) is 0 Å². The molecule has 0 radical (unpaired) electrons. The van der Waals surface area contributed by atoms with Crippen molar-refractivity contribution in [3.05, 3.63) is 108 Å². The number of carbonyl (C=O) groups excluding carboxylic acids is 1. The standard InChI is InChI=1S/C36H35NO5S/c1-39-31-17-12-27(22-32(31)40-2)35(38)34-30-16-15-29(42-24-25-8-4-3-5-9-25)23-33(30)43-36(34)26-10-13-28(14-11-26)41-21-20-37-18-6-7-19-37/h3-5,8-17,22-23H,6-7,18-21,24H2,1-2H3. The highest BCUT2D eigenvalue weighted by Gasteiger charge is 2.23. The summed E-state index contributed by atoms with van der Waals surface area (Å²) in [5.74, 6) is 2.60. The maximum Gasteiger partial charge on any atom is 0.195 e. The minimum Gasteiger partial charge on any atom is -0.493 e.